The number of aliphatic hydroxyl groups excluding tert-OH is 1. The molecule has 0 aromatic heterocycles. The van der Waals surface area contributed by atoms with Gasteiger partial charge in [0, 0.05) is 45.0 Å². The van der Waals surface area contributed by atoms with Gasteiger partial charge in [0.2, 0.25) is 29.5 Å². The average molecular weight is 1040 g/mol. The van der Waals surface area contributed by atoms with E-state index in [1.54, 1.807) is 57.2 Å². The predicted octanol–water partition coefficient (Wildman–Crippen LogP) is 3.04. The molecule has 1 aromatic carbocycles. The van der Waals surface area contributed by atoms with E-state index in [-0.39, 0.29) is 76.1 Å². The Hall–Kier alpha value is -5.70. The fraction of sp³-hybridized carbons (Fsp3) is 0.667. The predicted molar refractivity (Wildman–Crippen MR) is 278 cm³/mol. The molecule has 5 N–H and O–H groups in total. The molecule has 1 aromatic rings. The monoisotopic (exact) mass is 1040 g/mol. The summed E-state index contributed by atoms with van der Waals surface area (Å²) in [7, 11) is 2.84. The molecule has 74 heavy (non-hydrogen) atoms. The van der Waals surface area contributed by atoms with Crippen LogP contribution in [-0.4, -0.2) is 172 Å². The van der Waals surface area contributed by atoms with E-state index in [0.717, 1.165) is 10.5 Å². The van der Waals surface area contributed by atoms with Gasteiger partial charge >= 0.3 is 11.9 Å². The fourth-order valence-electron chi connectivity index (χ4n) is 8.07. The molecule has 416 valence electrons. The van der Waals surface area contributed by atoms with Gasteiger partial charge in [-0.25, -0.2) is 9.59 Å². The summed E-state index contributed by atoms with van der Waals surface area (Å²) in [4.78, 5) is 114. The number of aliphatic hydroxyl groups is 1. The number of rotatable bonds is 20. The number of hydrogen-bond acceptors (Lipinski definition) is 14. The Kier molecular flexibility index (Phi) is 29.6. The summed E-state index contributed by atoms with van der Waals surface area (Å²) >= 11 is 0. The first-order valence-electron chi connectivity index (χ1n) is 25.8. The second kappa shape index (κ2) is 34.0. The standard InChI is InChI=1S/C54H86N6O14/c1-13-35(5)47-50(65)57-40(10)54(69)74-48(36(6)14-2)38(8)42(32-45(62)55-22-24-70-26-28-72-29-27-71-25-23-61)21-20-37(7)53(68)73-44(30-34(3)4)49(64)56-39(9)51(66)60(12)43(31-41-18-16-15-17-19-41)52(67)59(11)33-46(63)58-47/h14-20,34-35,38-40,42-44,47-48,61H,13,21-33H2,1-12H3,(H,55,62)(H,56,64)(H,57,65)(H,58,63)/b36-14+,37-20+/t35-,38-,39-,40+,42+,43+,44+,47-,48+/m0/s1. The Labute approximate surface area is 438 Å². The number of ether oxygens (including phenoxy) is 5. The zero-order valence-electron chi connectivity index (χ0n) is 45.9. The molecule has 20 nitrogen and oxygen atoms in total. The van der Waals surface area contributed by atoms with E-state index in [2.05, 4.69) is 21.3 Å². The number of cyclic esters (lactones) is 2. The molecule has 20 heteroatoms. The van der Waals surface area contributed by atoms with Crippen LogP contribution in [0.5, 0.6) is 0 Å². The first-order valence-corrected chi connectivity index (χ1v) is 25.8. The molecule has 0 unspecified atom stereocenters. The third-order valence-corrected chi connectivity index (χ3v) is 13.0. The highest BCUT2D eigenvalue weighted by Gasteiger charge is 2.37. The number of nitrogens with one attached hydrogen (secondary N) is 4. The van der Waals surface area contributed by atoms with Gasteiger partial charge in [-0.1, -0.05) is 83.5 Å². The molecule has 0 bridgehead atoms. The van der Waals surface area contributed by atoms with Crippen LogP contribution in [0.3, 0.4) is 0 Å². The average Bonchev–Trinajstić information content (AvgIpc) is 3.37. The first kappa shape index (κ1) is 64.4. The molecule has 0 spiro atoms. The van der Waals surface area contributed by atoms with Crippen molar-refractivity contribution in [1.29, 1.82) is 0 Å². The Morgan fingerprint density at radius 3 is 2.05 bits per heavy atom. The molecule has 0 aliphatic carbocycles. The Balaban J connectivity index is 2.59. The third-order valence-electron chi connectivity index (χ3n) is 13.0. The first-order chi connectivity index (χ1) is 35.1. The molecule has 1 heterocycles. The zero-order chi connectivity index (χ0) is 55.5. The van der Waals surface area contributed by atoms with Crippen molar-refractivity contribution in [3.8, 4) is 0 Å². The van der Waals surface area contributed by atoms with Gasteiger partial charge in [-0.2, -0.15) is 0 Å². The van der Waals surface area contributed by atoms with Gasteiger partial charge in [-0.05, 0) is 76.4 Å². The van der Waals surface area contributed by atoms with E-state index in [0.29, 0.717) is 31.8 Å². The van der Waals surface area contributed by atoms with Gasteiger partial charge in [0.05, 0.1) is 52.8 Å². The maximum atomic E-state index is 14.3. The van der Waals surface area contributed by atoms with Gasteiger partial charge in [0.15, 0.2) is 6.10 Å². The smallest absolute Gasteiger partial charge is 0.334 e. The summed E-state index contributed by atoms with van der Waals surface area (Å²) in [5.41, 5.74) is 1.53. The van der Waals surface area contributed by atoms with Crippen LogP contribution in [0, 0.1) is 23.7 Å². The van der Waals surface area contributed by atoms with Crippen molar-refractivity contribution in [2.24, 2.45) is 23.7 Å². The third kappa shape index (κ3) is 22.4. The molecule has 0 fully saturated rings. The van der Waals surface area contributed by atoms with Crippen LogP contribution in [0.4, 0.5) is 0 Å². The Morgan fingerprint density at radius 2 is 1.46 bits per heavy atom. The van der Waals surface area contributed by atoms with Crippen molar-refractivity contribution in [3.63, 3.8) is 0 Å². The molecular weight excluding hydrogens is 957 g/mol. The lowest BCUT2D eigenvalue weighted by molar-refractivity contribution is -0.154. The van der Waals surface area contributed by atoms with Crippen molar-refractivity contribution in [2.75, 3.05) is 73.4 Å². The number of benzene rings is 1. The van der Waals surface area contributed by atoms with Gasteiger partial charge in [0.25, 0.3) is 5.91 Å². The van der Waals surface area contributed by atoms with E-state index in [4.69, 9.17) is 28.8 Å². The lowest BCUT2D eigenvalue weighted by Gasteiger charge is -2.33. The largest absolute Gasteiger partial charge is 0.456 e. The topological polar surface area (TPSA) is 258 Å². The van der Waals surface area contributed by atoms with Crippen LogP contribution in [0.15, 0.2) is 53.6 Å². The molecule has 6 amide bonds. The SMILES string of the molecule is C/C=C(\C)[C@H]1OC(=O)[C@@H](C)NC(=O)[C@H]([C@@H](C)CC)NC(=O)CN(C)C(=O)[C@@H](Cc2ccccc2)N(C)C(=O)[C@H](C)NC(=O)[C@@H](CC(C)C)OC(=O)/C(C)=C/C[C@H](CC(=O)NCCOCCOCCOCCO)[C@@H]1C. The van der Waals surface area contributed by atoms with Crippen molar-refractivity contribution in [1.82, 2.24) is 31.1 Å². The number of amides is 6. The summed E-state index contributed by atoms with van der Waals surface area (Å²) in [6, 6.07) is 4.37. The van der Waals surface area contributed by atoms with Gasteiger partial charge in [-0.15, -0.1) is 0 Å². The highest BCUT2D eigenvalue weighted by atomic mass is 16.6. The molecule has 9 atom stereocenters. The second-order valence-electron chi connectivity index (χ2n) is 19.5. The minimum atomic E-state index is -1.31. The van der Waals surface area contributed by atoms with E-state index >= 15 is 0 Å². The Morgan fingerprint density at radius 1 is 0.851 bits per heavy atom. The van der Waals surface area contributed by atoms with Crippen molar-refractivity contribution in [3.05, 3.63) is 59.2 Å². The highest BCUT2D eigenvalue weighted by molar-refractivity contribution is 5.96. The number of carbonyl (C=O) groups excluding carboxylic acids is 8. The zero-order valence-corrected chi connectivity index (χ0v) is 45.9. The molecule has 1 aliphatic heterocycles. The van der Waals surface area contributed by atoms with Crippen LogP contribution in [0.25, 0.3) is 0 Å². The molecule has 1 aliphatic rings. The molecule has 2 rings (SSSR count). The number of carbonyl (C=O) groups is 8. The highest BCUT2D eigenvalue weighted by Crippen LogP contribution is 2.30. The number of esters is 2. The number of likely N-dealkylation sites (N-methyl/N-ethyl adjacent to an activating group) is 2. The number of hydrogen-bond donors (Lipinski definition) is 5. The fourth-order valence-corrected chi connectivity index (χ4v) is 8.07. The van der Waals surface area contributed by atoms with E-state index in [1.807, 2.05) is 33.8 Å². The van der Waals surface area contributed by atoms with Crippen molar-refractivity contribution >= 4 is 47.4 Å². The molecular formula is C54H86N6O14. The quantitative estimate of drug-likeness (QED) is 0.0715. The van der Waals surface area contributed by atoms with Crippen LogP contribution in [-0.2, 0) is 68.5 Å². The van der Waals surface area contributed by atoms with E-state index in [1.165, 1.54) is 39.8 Å². The number of nitrogens with zero attached hydrogens (tertiary/aromatic N) is 2. The summed E-state index contributed by atoms with van der Waals surface area (Å²) in [6.07, 6.45) is 1.92. The molecule has 0 saturated carbocycles. The van der Waals surface area contributed by atoms with Crippen molar-refractivity contribution in [2.45, 2.75) is 138 Å². The maximum absolute atomic E-state index is 14.3. The van der Waals surface area contributed by atoms with E-state index in [9.17, 15) is 38.4 Å². The summed E-state index contributed by atoms with van der Waals surface area (Å²) < 4.78 is 28.2. The summed E-state index contributed by atoms with van der Waals surface area (Å²) in [5, 5.41) is 19.8. The molecule has 0 radical (unpaired) electrons. The van der Waals surface area contributed by atoms with Crippen LogP contribution in [0.1, 0.15) is 100 Å². The normalized spacial score (nSPS) is 25.3. The van der Waals surface area contributed by atoms with Gasteiger partial charge < -0.3 is 59.9 Å². The lowest BCUT2D eigenvalue weighted by atomic mass is 9.81. The molecule has 0 saturated heterocycles. The van der Waals surface area contributed by atoms with Crippen LogP contribution in [0.2, 0.25) is 0 Å². The van der Waals surface area contributed by atoms with Crippen LogP contribution >= 0.6 is 0 Å². The lowest BCUT2D eigenvalue weighted by Crippen LogP contribution is -2.57. The summed E-state index contributed by atoms with van der Waals surface area (Å²) in [5.74, 6) is -6.77. The minimum absolute atomic E-state index is 0.0592. The van der Waals surface area contributed by atoms with Gasteiger partial charge in [0.1, 0.15) is 30.3 Å². The van der Waals surface area contributed by atoms with Gasteiger partial charge in [-0.3, -0.25) is 28.8 Å². The van der Waals surface area contributed by atoms with E-state index < -0.39 is 102 Å². The second-order valence-corrected chi connectivity index (χ2v) is 19.5. The van der Waals surface area contributed by atoms with Crippen molar-refractivity contribution < 1.29 is 67.1 Å². The summed E-state index contributed by atoms with van der Waals surface area (Å²) in [6.45, 7) is 18.5. The number of allylic oxidation sites excluding steroid dienone is 2. The Bertz CT molecular complexity index is 2030. The maximum Gasteiger partial charge on any atom is 0.334 e. The minimum Gasteiger partial charge on any atom is -0.456 e. The van der Waals surface area contributed by atoms with Crippen LogP contribution < -0.4 is 21.3 Å².